The number of nitrogens with zero attached hydrogens (tertiary/aromatic N) is 1. The van der Waals surface area contributed by atoms with E-state index in [0.29, 0.717) is 0 Å². The molecule has 1 atom stereocenters. The van der Waals surface area contributed by atoms with Gasteiger partial charge in [-0.3, -0.25) is 4.79 Å². The Labute approximate surface area is 112 Å². The average Bonchev–Trinajstić information content (AvgIpc) is 2.36. The number of likely N-dealkylation sites (N-methyl/N-ethyl adjacent to an activating group) is 1. The first-order valence-corrected chi connectivity index (χ1v) is 7.21. The van der Waals surface area contributed by atoms with E-state index in [4.69, 9.17) is 9.84 Å². The molecule has 0 aromatic heterocycles. The summed E-state index contributed by atoms with van der Waals surface area (Å²) in [5, 5.41) is 8.62. The number of ether oxygens (including phenoxy) is 1. The zero-order chi connectivity index (χ0) is 14.5. The molecule has 0 spiro atoms. The number of hydrogen-bond acceptors (Lipinski definition) is 4. The maximum atomic E-state index is 12.0. The first-order chi connectivity index (χ1) is 8.86. The van der Waals surface area contributed by atoms with Crippen molar-refractivity contribution in [1.29, 1.82) is 0 Å². The minimum absolute atomic E-state index is 0.294. The number of benzene rings is 1. The molecule has 0 heterocycles. The predicted octanol–water partition coefficient (Wildman–Crippen LogP) is 0.720. The summed E-state index contributed by atoms with van der Waals surface area (Å²) in [4.78, 5) is 10.5. The number of hydrogen-bond donors (Lipinski definition) is 1. The fraction of sp³-hybridized carbons (Fsp3) is 0.417. The van der Waals surface area contributed by atoms with Gasteiger partial charge >= 0.3 is 5.97 Å². The third-order valence-electron chi connectivity index (χ3n) is 2.65. The van der Waals surface area contributed by atoms with Crippen molar-refractivity contribution in [2.45, 2.75) is 6.10 Å². The normalized spacial score (nSPS) is 13.4. The lowest BCUT2D eigenvalue weighted by atomic mass is 10.1. The van der Waals surface area contributed by atoms with Crippen molar-refractivity contribution in [3.05, 3.63) is 35.9 Å². The quantitative estimate of drug-likeness (QED) is 0.799. The molecule has 6 nitrogen and oxygen atoms in total. The minimum Gasteiger partial charge on any atom is -0.480 e. The fourth-order valence-corrected chi connectivity index (χ4v) is 2.85. The van der Waals surface area contributed by atoms with Crippen LogP contribution in [0.3, 0.4) is 0 Å². The van der Waals surface area contributed by atoms with Gasteiger partial charge < -0.3 is 9.84 Å². The van der Waals surface area contributed by atoms with Crippen LogP contribution in [0.15, 0.2) is 30.3 Å². The SMILES string of the molecule is COC(CS(=O)(=O)N(C)CC(=O)O)c1ccccc1. The molecule has 0 saturated carbocycles. The summed E-state index contributed by atoms with van der Waals surface area (Å²) in [5.41, 5.74) is 0.734. The van der Waals surface area contributed by atoms with Crippen LogP contribution >= 0.6 is 0 Å². The fourth-order valence-electron chi connectivity index (χ4n) is 1.58. The van der Waals surface area contributed by atoms with Crippen molar-refractivity contribution in [2.75, 3.05) is 26.5 Å². The molecule has 0 saturated heterocycles. The van der Waals surface area contributed by atoms with E-state index in [1.807, 2.05) is 6.07 Å². The van der Waals surface area contributed by atoms with E-state index < -0.39 is 28.6 Å². The summed E-state index contributed by atoms with van der Waals surface area (Å²) in [5.74, 6) is -1.49. The highest BCUT2D eigenvalue weighted by molar-refractivity contribution is 7.89. The summed E-state index contributed by atoms with van der Waals surface area (Å²) >= 11 is 0. The van der Waals surface area contributed by atoms with Gasteiger partial charge in [0.1, 0.15) is 6.54 Å². The zero-order valence-corrected chi connectivity index (χ0v) is 11.6. The highest BCUT2D eigenvalue weighted by Crippen LogP contribution is 2.19. The van der Waals surface area contributed by atoms with Gasteiger partial charge in [0.25, 0.3) is 0 Å². The van der Waals surface area contributed by atoms with Crippen LogP contribution in [0.5, 0.6) is 0 Å². The zero-order valence-electron chi connectivity index (χ0n) is 10.8. The highest BCUT2D eigenvalue weighted by atomic mass is 32.2. The Morgan fingerprint density at radius 2 is 1.95 bits per heavy atom. The smallest absolute Gasteiger partial charge is 0.318 e. The van der Waals surface area contributed by atoms with Crippen LogP contribution in [0.2, 0.25) is 0 Å². The molecule has 1 N–H and O–H groups in total. The van der Waals surface area contributed by atoms with Crippen LogP contribution in [0.25, 0.3) is 0 Å². The standard InChI is InChI=1S/C12H17NO5S/c1-13(8-12(14)15)19(16,17)9-11(18-2)10-6-4-3-5-7-10/h3-7,11H,8-9H2,1-2H3,(H,14,15). The average molecular weight is 287 g/mol. The van der Waals surface area contributed by atoms with Gasteiger partial charge in [-0.2, -0.15) is 4.31 Å². The number of carbonyl (C=O) groups is 1. The monoisotopic (exact) mass is 287 g/mol. The van der Waals surface area contributed by atoms with Gasteiger partial charge in [-0.1, -0.05) is 30.3 Å². The predicted molar refractivity (Wildman–Crippen MR) is 70.2 cm³/mol. The summed E-state index contributed by atoms with van der Waals surface area (Å²) in [6.45, 7) is -0.562. The third kappa shape index (κ3) is 4.62. The molecular formula is C12H17NO5S. The Kier molecular flexibility index (Phi) is 5.46. The second-order valence-corrected chi connectivity index (χ2v) is 6.18. The molecule has 0 aliphatic rings. The van der Waals surface area contributed by atoms with Crippen LogP contribution in [0.4, 0.5) is 0 Å². The van der Waals surface area contributed by atoms with E-state index in [0.717, 1.165) is 9.87 Å². The van der Waals surface area contributed by atoms with Crippen molar-refractivity contribution in [3.63, 3.8) is 0 Å². The third-order valence-corrected chi connectivity index (χ3v) is 4.45. The molecule has 1 unspecified atom stereocenters. The Morgan fingerprint density at radius 1 is 1.37 bits per heavy atom. The van der Waals surface area contributed by atoms with E-state index in [-0.39, 0.29) is 5.75 Å². The van der Waals surface area contributed by atoms with Gasteiger partial charge in [0.15, 0.2) is 0 Å². The Bertz CT molecular complexity index is 514. The molecule has 1 aromatic carbocycles. The van der Waals surface area contributed by atoms with Crippen molar-refractivity contribution >= 4 is 16.0 Å². The lowest BCUT2D eigenvalue weighted by Crippen LogP contribution is -2.35. The molecule has 0 aliphatic carbocycles. The molecule has 7 heteroatoms. The van der Waals surface area contributed by atoms with Crippen LogP contribution in [-0.4, -0.2) is 50.3 Å². The van der Waals surface area contributed by atoms with Gasteiger partial charge in [0.2, 0.25) is 10.0 Å². The van der Waals surface area contributed by atoms with Crippen LogP contribution in [0, 0.1) is 0 Å². The summed E-state index contributed by atoms with van der Waals surface area (Å²) in [6, 6.07) is 8.92. The Balaban J connectivity index is 2.83. The van der Waals surface area contributed by atoms with E-state index >= 15 is 0 Å². The van der Waals surface area contributed by atoms with Crippen molar-refractivity contribution < 1.29 is 23.1 Å². The van der Waals surface area contributed by atoms with E-state index in [9.17, 15) is 13.2 Å². The van der Waals surface area contributed by atoms with Crippen LogP contribution in [0.1, 0.15) is 11.7 Å². The number of rotatable bonds is 7. The molecule has 1 rings (SSSR count). The van der Waals surface area contributed by atoms with Crippen molar-refractivity contribution in [2.24, 2.45) is 0 Å². The lowest BCUT2D eigenvalue weighted by molar-refractivity contribution is -0.137. The number of carboxylic acids is 1. The number of aliphatic carboxylic acids is 1. The summed E-state index contributed by atoms with van der Waals surface area (Å²) < 4.78 is 30.0. The van der Waals surface area contributed by atoms with Crippen molar-refractivity contribution in [3.8, 4) is 0 Å². The molecule has 0 aliphatic heterocycles. The molecule has 1 aromatic rings. The lowest BCUT2D eigenvalue weighted by Gasteiger charge is -2.20. The minimum atomic E-state index is -3.69. The van der Waals surface area contributed by atoms with Gasteiger partial charge in [0, 0.05) is 14.2 Å². The van der Waals surface area contributed by atoms with Gasteiger partial charge in [-0.15, -0.1) is 0 Å². The number of methoxy groups -OCH3 is 1. The second kappa shape index (κ2) is 6.65. The largest absolute Gasteiger partial charge is 0.480 e. The van der Waals surface area contributed by atoms with Gasteiger partial charge in [0.05, 0.1) is 11.9 Å². The van der Waals surface area contributed by atoms with Gasteiger partial charge in [-0.25, -0.2) is 8.42 Å². The maximum Gasteiger partial charge on any atom is 0.318 e. The van der Waals surface area contributed by atoms with Crippen LogP contribution in [-0.2, 0) is 19.6 Å². The molecule has 106 valence electrons. The Morgan fingerprint density at radius 3 is 2.42 bits per heavy atom. The van der Waals surface area contributed by atoms with Crippen LogP contribution < -0.4 is 0 Å². The second-order valence-electron chi connectivity index (χ2n) is 4.06. The van der Waals surface area contributed by atoms with E-state index in [1.165, 1.54) is 14.2 Å². The Hall–Kier alpha value is -1.44. The first kappa shape index (κ1) is 15.6. The molecular weight excluding hydrogens is 270 g/mol. The highest BCUT2D eigenvalue weighted by Gasteiger charge is 2.25. The topological polar surface area (TPSA) is 83.9 Å². The van der Waals surface area contributed by atoms with Crippen molar-refractivity contribution in [1.82, 2.24) is 4.31 Å². The molecule has 0 fully saturated rings. The summed E-state index contributed by atoms with van der Waals surface area (Å²) in [7, 11) is -1.03. The molecule has 0 bridgehead atoms. The molecule has 0 radical (unpaired) electrons. The van der Waals surface area contributed by atoms with Gasteiger partial charge in [-0.05, 0) is 5.56 Å². The number of sulfonamides is 1. The molecule has 19 heavy (non-hydrogen) atoms. The first-order valence-electron chi connectivity index (χ1n) is 5.60. The summed E-state index contributed by atoms with van der Waals surface area (Å²) in [6.07, 6.45) is -0.623. The molecule has 0 amide bonds. The van der Waals surface area contributed by atoms with E-state index in [2.05, 4.69) is 0 Å². The maximum absolute atomic E-state index is 12.0. The number of carboxylic acid groups (broad SMARTS) is 1. The van der Waals surface area contributed by atoms with E-state index in [1.54, 1.807) is 24.3 Å².